The standard InChI is InChI=1S/C11H21BNO4PS.C2H6/c1-4-11(14)13-6-10(17-12)5-9(13)7-16-18(15,19)8(2)3;1-2/h8-10H,4-7H2,1-3H3,(H,15,19);1-2H3. The van der Waals surface area contributed by atoms with Crippen molar-refractivity contribution in [2.24, 2.45) is 0 Å². The van der Waals surface area contributed by atoms with Gasteiger partial charge in [0.2, 0.25) is 5.91 Å². The third kappa shape index (κ3) is 6.37. The number of hydrogen-bond acceptors (Lipinski definition) is 4. The Hall–Kier alpha value is 0.0649. The first-order chi connectivity index (χ1) is 9.81. The first-order valence-corrected chi connectivity index (χ1v) is 10.2. The largest absolute Gasteiger partial charge is 0.443 e. The van der Waals surface area contributed by atoms with Gasteiger partial charge in [-0.1, -0.05) is 34.6 Å². The van der Waals surface area contributed by atoms with Gasteiger partial charge in [-0.15, -0.1) is 0 Å². The van der Waals surface area contributed by atoms with Crippen LogP contribution in [0.4, 0.5) is 0 Å². The van der Waals surface area contributed by atoms with Gasteiger partial charge in [-0.25, -0.2) is 0 Å². The molecule has 0 aromatic carbocycles. The Bertz CT molecular complexity index is 370. The third-order valence-corrected chi connectivity index (χ3v) is 6.70. The number of likely N-dealkylation sites (tertiary alicyclic amines) is 1. The van der Waals surface area contributed by atoms with Crippen molar-refractivity contribution in [3.63, 3.8) is 0 Å². The average molecular weight is 335 g/mol. The number of carbonyl (C=O) groups is 1. The summed E-state index contributed by atoms with van der Waals surface area (Å²) in [6, 6.07) is -0.130. The van der Waals surface area contributed by atoms with E-state index in [1.165, 1.54) is 0 Å². The molecule has 1 aliphatic rings. The number of rotatable bonds is 6. The Balaban J connectivity index is 0.00000191. The molecule has 0 bridgehead atoms. The summed E-state index contributed by atoms with van der Waals surface area (Å²) >= 11 is 5.08. The number of amides is 1. The van der Waals surface area contributed by atoms with Crippen molar-refractivity contribution in [3.05, 3.63) is 0 Å². The molecule has 1 saturated heterocycles. The molecule has 1 rings (SSSR count). The average Bonchev–Trinajstić information content (AvgIpc) is 2.89. The van der Waals surface area contributed by atoms with Crippen molar-refractivity contribution < 1.29 is 18.9 Å². The van der Waals surface area contributed by atoms with Crippen LogP contribution in [0.2, 0.25) is 0 Å². The van der Waals surface area contributed by atoms with Gasteiger partial charge in [-0.2, -0.15) is 0 Å². The van der Waals surface area contributed by atoms with Crippen LogP contribution in [0.15, 0.2) is 0 Å². The number of carbonyl (C=O) groups excluding carboxylic acids is 1. The van der Waals surface area contributed by atoms with Crippen molar-refractivity contribution in [2.75, 3.05) is 13.2 Å². The van der Waals surface area contributed by atoms with Gasteiger partial charge < -0.3 is 19.0 Å². The Kier molecular flexibility index (Phi) is 9.99. The molecule has 0 aromatic heterocycles. The van der Waals surface area contributed by atoms with Crippen molar-refractivity contribution >= 4 is 32.3 Å². The van der Waals surface area contributed by atoms with Crippen LogP contribution in [-0.4, -0.2) is 54.7 Å². The van der Waals surface area contributed by atoms with E-state index >= 15 is 0 Å². The van der Waals surface area contributed by atoms with E-state index in [9.17, 15) is 9.69 Å². The van der Waals surface area contributed by atoms with Crippen molar-refractivity contribution in [2.45, 2.75) is 65.3 Å². The van der Waals surface area contributed by atoms with E-state index in [0.717, 1.165) is 0 Å². The molecule has 122 valence electrons. The second kappa shape index (κ2) is 9.96. The van der Waals surface area contributed by atoms with Crippen LogP contribution in [0.1, 0.15) is 47.5 Å². The molecule has 0 saturated carbocycles. The van der Waals surface area contributed by atoms with Crippen LogP contribution in [0.25, 0.3) is 0 Å². The molecule has 1 fully saturated rings. The fourth-order valence-electron chi connectivity index (χ4n) is 1.98. The van der Waals surface area contributed by atoms with Gasteiger partial charge in [-0.05, 0) is 18.2 Å². The maximum Gasteiger partial charge on any atom is 0.283 e. The van der Waals surface area contributed by atoms with Crippen molar-refractivity contribution in [1.82, 2.24) is 4.90 Å². The maximum absolute atomic E-state index is 11.8. The molecular formula is C13H27BNO4PS. The SMILES string of the molecule is CC.[B]OC1CC(COP(O)(=S)C(C)C)N(C(=O)CC)C1. The summed E-state index contributed by atoms with van der Waals surface area (Å²) in [6.45, 7) is 7.38. The fourth-order valence-corrected chi connectivity index (χ4v) is 2.85. The zero-order valence-corrected chi connectivity index (χ0v) is 15.3. The minimum absolute atomic E-state index is 0.0314. The zero-order valence-electron chi connectivity index (χ0n) is 13.6. The van der Waals surface area contributed by atoms with Gasteiger partial charge >= 0.3 is 0 Å². The summed E-state index contributed by atoms with van der Waals surface area (Å²) in [7, 11) is 5.19. The van der Waals surface area contributed by atoms with Gasteiger partial charge in [-0.3, -0.25) is 4.79 Å². The molecule has 5 nitrogen and oxygen atoms in total. The first kappa shape index (κ1) is 21.1. The van der Waals surface area contributed by atoms with Gasteiger partial charge in [0, 0.05) is 18.6 Å². The molecule has 3 atom stereocenters. The van der Waals surface area contributed by atoms with Gasteiger partial charge in [0.25, 0.3) is 8.05 Å². The van der Waals surface area contributed by atoms with Crippen LogP contribution in [0.3, 0.4) is 0 Å². The van der Waals surface area contributed by atoms with E-state index < -0.39 is 6.49 Å². The predicted molar refractivity (Wildman–Crippen MR) is 90.0 cm³/mol. The summed E-state index contributed by atoms with van der Waals surface area (Å²) in [6.07, 6.45) is 0.848. The lowest BCUT2D eigenvalue weighted by molar-refractivity contribution is -0.132. The van der Waals surface area contributed by atoms with E-state index in [-0.39, 0.29) is 30.3 Å². The highest BCUT2D eigenvalue weighted by Crippen LogP contribution is 2.47. The lowest BCUT2D eigenvalue weighted by atomic mass is 10.2. The Morgan fingerprint density at radius 3 is 2.52 bits per heavy atom. The summed E-state index contributed by atoms with van der Waals surface area (Å²) in [5, 5.41) is 0. The lowest BCUT2D eigenvalue weighted by Crippen LogP contribution is -2.38. The topological polar surface area (TPSA) is 59.0 Å². The Morgan fingerprint density at radius 1 is 1.52 bits per heavy atom. The quantitative estimate of drug-likeness (QED) is 0.596. The van der Waals surface area contributed by atoms with Gasteiger partial charge in [0.1, 0.15) is 0 Å². The van der Waals surface area contributed by atoms with Crippen LogP contribution < -0.4 is 0 Å². The molecule has 1 N–H and O–H groups in total. The second-order valence-electron chi connectivity index (χ2n) is 5.00. The molecule has 1 heterocycles. The highest BCUT2D eigenvalue weighted by atomic mass is 32.5. The van der Waals surface area contributed by atoms with E-state index in [0.29, 0.717) is 19.4 Å². The molecule has 21 heavy (non-hydrogen) atoms. The predicted octanol–water partition coefficient (Wildman–Crippen LogP) is 2.22. The fraction of sp³-hybridized carbons (Fsp3) is 0.923. The Labute approximate surface area is 135 Å². The molecule has 1 aliphatic heterocycles. The van der Waals surface area contributed by atoms with E-state index in [1.54, 1.807) is 11.8 Å². The van der Waals surface area contributed by atoms with E-state index in [1.807, 2.05) is 27.7 Å². The van der Waals surface area contributed by atoms with Crippen molar-refractivity contribution in [1.29, 1.82) is 0 Å². The molecular weight excluding hydrogens is 308 g/mol. The molecule has 1 amide bonds. The normalized spacial score (nSPS) is 24.4. The number of nitrogens with zero attached hydrogens (tertiary/aromatic N) is 1. The maximum atomic E-state index is 11.8. The van der Waals surface area contributed by atoms with Gasteiger partial charge in [0.15, 0.2) is 6.49 Å². The third-order valence-electron chi connectivity index (χ3n) is 3.30. The van der Waals surface area contributed by atoms with Crippen LogP contribution in [0, 0.1) is 0 Å². The Morgan fingerprint density at radius 2 is 2.10 bits per heavy atom. The summed E-state index contributed by atoms with van der Waals surface area (Å²) in [5.74, 6) is 0.0314. The van der Waals surface area contributed by atoms with Crippen molar-refractivity contribution in [3.8, 4) is 0 Å². The highest BCUT2D eigenvalue weighted by molar-refractivity contribution is 8.09. The summed E-state index contributed by atoms with van der Waals surface area (Å²) in [5.41, 5.74) is -0.0965. The summed E-state index contributed by atoms with van der Waals surface area (Å²) < 4.78 is 10.3. The van der Waals surface area contributed by atoms with E-state index in [2.05, 4.69) is 0 Å². The highest BCUT2D eigenvalue weighted by Gasteiger charge is 2.35. The van der Waals surface area contributed by atoms with E-state index in [4.69, 9.17) is 29.0 Å². The smallest absolute Gasteiger partial charge is 0.283 e. The monoisotopic (exact) mass is 335 g/mol. The second-order valence-corrected chi connectivity index (χ2v) is 8.99. The summed E-state index contributed by atoms with van der Waals surface area (Å²) in [4.78, 5) is 23.5. The van der Waals surface area contributed by atoms with Crippen LogP contribution >= 0.6 is 6.49 Å². The number of hydrogen-bond donors (Lipinski definition) is 1. The first-order valence-electron chi connectivity index (χ1n) is 7.43. The van der Waals surface area contributed by atoms with Gasteiger partial charge in [0.05, 0.1) is 18.8 Å². The minimum atomic E-state index is -2.79. The molecule has 8 heteroatoms. The lowest BCUT2D eigenvalue weighted by Gasteiger charge is -2.27. The zero-order chi connectivity index (χ0) is 16.6. The molecule has 0 spiro atoms. The van der Waals surface area contributed by atoms with Crippen LogP contribution in [0.5, 0.6) is 0 Å². The minimum Gasteiger partial charge on any atom is -0.443 e. The molecule has 3 unspecified atom stereocenters. The van der Waals surface area contributed by atoms with Crippen LogP contribution in [-0.2, 0) is 25.8 Å². The molecule has 0 aromatic rings. The molecule has 0 aliphatic carbocycles. The molecule has 2 radical (unpaired) electrons.